The van der Waals surface area contributed by atoms with E-state index in [1.165, 1.54) is 33.5 Å². The van der Waals surface area contributed by atoms with Gasteiger partial charge in [0.1, 0.15) is 11.6 Å². The van der Waals surface area contributed by atoms with E-state index >= 15 is 0 Å². The number of rotatable bonds is 2. The summed E-state index contributed by atoms with van der Waals surface area (Å²) < 4.78 is 0. The molecule has 1 aliphatic heterocycles. The second-order valence-electron chi connectivity index (χ2n) is 3.00. The summed E-state index contributed by atoms with van der Waals surface area (Å²) in [5, 5.41) is 19.0. The van der Waals surface area contributed by atoms with Crippen LogP contribution < -0.4 is 5.32 Å². The Kier molecular flexibility index (Phi) is 3.25. The van der Waals surface area contributed by atoms with E-state index in [-0.39, 0.29) is 0 Å². The van der Waals surface area contributed by atoms with Crippen molar-refractivity contribution in [2.24, 2.45) is 0 Å². The fraction of sp³-hybridized carbons (Fsp3) is 0.429. The Morgan fingerprint density at radius 1 is 1.62 bits per heavy atom. The van der Waals surface area contributed by atoms with E-state index in [2.05, 4.69) is 15.5 Å². The van der Waals surface area contributed by atoms with E-state index in [4.69, 9.17) is 5.11 Å². The summed E-state index contributed by atoms with van der Waals surface area (Å²) in [6, 6.07) is -1.22. The average Bonchev–Trinajstić information content (AvgIpc) is 2.86. The monoisotopic (exact) mass is 260 g/mol. The van der Waals surface area contributed by atoms with Gasteiger partial charge >= 0.3 is 12.0 Å². The Morgan fingerprint density at radius 3 is 3.06 bits per heavy atom. The van der Waals surface area contributed by atoms with Crippen LogP contribution in [0.15, 0.2) is 5.51 Å². The first-order valence-corrected chi connectivity index (χ1v) is 6.36. The number of aromatic nitrogens is 2. The largest absolute Gasteiger partial charge is 0.480 e. The van der Waals surface area contributed by atoms with Gasteiger partial charge < -0.3 is 10.0 Å². The smallest absolute Gasteiger partial charge is 0.327 e. The topological polar surface area (TPSA) is 95.4 Å². The minimum atomic E-state index is -0.989. The third-order valence-corrected chi connectivity index (χ3v) is 3.62. The molecule has 2 amide bonds. The van der Waals surface area contributed by atoms with E-state index in [0.29, 0.717) is 16.8 Å². The summed E-state index contributed by atoms with van der Waals surface area (Å²) >= 11 is 2.60. The molecular weight excluding hydrogens is 252 g/mol. The van der Waals surface area contributed by atoms with Crippen LogP contribution in [0.4, 0.5) is 9.93 Å². The summed E-state index contributed by atoms with van der Waals surface area (Å²) in [4.78, 5) is 23.8. The molecule has 2 heterocycles. The summed E-state index contributed by atoms with van der Waals surface area (Å²) in [5.74, 6) is -0.196. The number of carboxylic acid groups (broad SMARTS) is 1. The van der Waals surface area contributed by atoms with Crippen LogP contribution >= 0.6 is 23.1 Å². The van der Waals surface area contributed by atoms with E-state index in [1.807, 2.05) is 0 Å². The predicted octanol–water partition coefficient (Wildman–Crippen LogP) is 0.529. The second-order valence-corrected chi connectivity index (χ2v) is 4.83. The van der Waals surface area contributed by atoms with Crippen LogP contribution in [0.2, 0.25) is 0 Å². The molecular formula is C7H8N4O3S2. The van der Waals surface area contributed by atoms with Crippen molar-refractivity contribution in [3.8, 4) is 0 Å². The number of carbonyl (C=O) groups is 2. The lowest BCUT2D eigenvalue weighted by Gasteiger charge is -2.19. The van der Waals surface area contributed by atoms with Crippen molar-refractivity contribution >= 4 is 40.2 Å². The molecule has 2 rings (SSSR count). The first-order chi connectivity index (χ1) is 7.68. The molecule has 1 aromatic rings. The zero-order valence-corrected chi connectivity index (χ0v) is 9.62. The summed E-state index contributed by atoms with van der Waals surface area (Å²) in [6.07, 6.45) is 0. The van der Waals surface area contributed by atoms with Gasteiger partial charge in [-0.2, -0.15) is 0 Å². The van der Waals surface area contributed by atoms with Crippen LogP contribution in [0.5, 0.6) is 0 Å². The number of carboxylic acids is 1. The number of nitrogens with zero attached hydrogens (tertiary/aromatic N) is 3. The maximum absolute atomic E-state index is 11.7. The van der Waals surface area contributed by atoms with Crippen molar-refractivity contribution in [1.29, 1.82) is 0 Å². The van der Waals surface area contributed by atoms with Crippen LogP contribution in [-0.4, -0.2) is 49.9 Å². The highest BCUT2D eigenvalue weighted by molar-refractivity contribution is 7.99. The van der Waals surface area contributed by atoms with Crippen molar-refractivity contribution < 1.29 is 14.7 Å². The Balaban J connectivity index is 2.01. The molecule has 1 fully saturated rings. The van der Waals surface area contributed by atoms with E-state index in [1.54, 1.807) is 0 Å². The molecule has 1 saturated heterocycles. The van der Waals surface area contributed by atoms with Gasteiger partial charge in [-0.1, -0.05) is 11.3 Å². The Hall–Kier alpha value is -1.35. The number of amides is 2. The van der Waals surface area contributed by atoms with Gasteiger partial charge in [-0.25, -0.2) is 9.59 Å². The molecule has 0 unspecified atom stereocenters. The lowest BCUT2D eigenvalue weighted by molar-refractivity contribution is -0.140. The first-order valence-electron chi connectivity index (χ1n) is 4.33. The first kappa shape index (κ1) is 11.1. The fourth-order valence-corrected chi connectivity index (χ4v) is 2.82. The zero-order chi connectivity index (χ0) is 11.5. The second kappa shape index (κ2) is 4.66. The molecule has 0 aliphatic carbocycles. The Labute approximate surface area is 98.8 Å². The summed E-state index contributed by atoms with van der Waals surface area (Å²) in [5.41, 5.74) is 1.49. The van der Waals surface area contributed by atoms with Crippen LogP contribution in [-0.2, 0) is 4.79 Å². The standard InChI is InChI=1S/C7H8N4O3S2/c12-5(13)4-1-15-3-11(4)7(14)9-6-10-8-2-16-6/h2,4H,1,3H2,(H,12,13)(H,9,10,14)/t4-/m0/s1. The number of anilines is 1. The van der Waals surface area contributed by atoms with Gasteiger partial charge in [0.25, 0.3) is 0 Å². The molecule has 7 nitrogen and oxygen atoms in total. The van der Waals surface area contributed by atoms with E-state index in [0.717, 1.165) is 0 Å². The number of nitrogens with one attached hydrogen (secondary N) is 1. The summed E-state index contributed by atoms with van der Waals surface area (Å²) in [6.45, 7) is 0. The van der Waals surface area contributed by atoms with Gasteiger partial charge in [0.05, 0.1) is 5.88 Å². The molecule has 86 valence electrons. The van der Waals surface area contributed by atoms with Crippen molar-refractivity contribution in [3.63, 3.8) is 0 Å². The van der Waals surface area contributed by atoms with Crippen LogP contribution in [0.3, 0.4) is 0 Å². The van der Waals surface area contributed by atoms with Gasteiger partial charge in [0.15, 0.2) is 0 Å². The highest BCUT2D eigenvalue weighted by Crippen LogP contribution is 2.22. The number of carbonyl (C=O) groups excluding carboxylic acids is 1. The molecule has 0 radical (unpaired) electrons. The molecule has 0 bridgehead atoms. The SMILES string of the molecule is O=C(O)[C@@H]1CSCN1C(=O)Nc1nncs1. The van der Waals surface area contributed by atoms with Crippen LogP contribution in [0, 0.1) is 0 Å². The third kappa shape index (κ3) is 2.25. The molecule has 16 heavy (non-hydrogen) atoms. The highest BCUT2D eigenvalue weighted by Gasteiger charge is 2.34. The minimum Gasteiger partial charge on any atom is -0.480 e. The fourth-order valence-electron chi connectivity index (χ4n) is 1.24. The molecule has 1 atom stereocenters. The van der Waals surface area contributed by atoms with Gasteiger partial charge in [-0.15, -0.1) is 22.0 Å². The summed E-state index contributed by atoms with van der Waals surface area (Å²) in [7, 11) is 0. The van der Waals surface area contributed by atoms with Crippen LogP contribution in [0.25, 0.3) is 0 Å². The lowest BCUT2D eigenvalue weighted by Crippen LogP contribution is -2.43. The van der Waals surface area contributed by atoms with E-state index < -0.39 is 18.0 Å². The Bertz CT molecular complexity index is 396. The maximum atomic E-state index is 11.7. The number of hydrogen-bond donors (Lipinski definition) is 2. The molecule has 1 aromatic heterocycles. The highest BCUT2D eigenvalue weighted by atomic mass is 32.2. The minimum absolute atomic E-state index is 0.367. The number of hydrogen-bond acceptors (Lipinski definition) is 6. The number of aliphatic carboxylic acids is 1. The maximum Gasteiger partial charge on any atom is 0.327 e. The lowest BCUT2D eigenvalue weighted by atomic mass is 10.3. The molecule has 1 aliphatic rings. The van der Waals surface area contributed by atoms with Crippen molar-refractivity contribution in [2.75, 3.05) is 16.9 Å². The molecule has 2 N–H and O–H groups in total. The Morgan fingerprint density at radius 2 is 2.44 bits per heavy atom. The normalized spacial score (nSPS) is 19.8. The quantitative estimate of drug-likeness (QED) is 0.805. The van der Waals surface area contributed by atoms with Crippen molar-refractivity contribution in [2.45, 2.75) is 6.04 Å². The van der Waals surface area contributed by atoms with Gasteiger partial charge in [-0.05, 0) is 0 Å². The van der Waals surface area contributed by atoms with E-state index in [9.17, 15) is 9.59 Å². The third-order valence-electron chi connectivity index (χ3n) is 2.00. The molecule has 0 aromatic carbocycles. The average molecular weight is 260 g/mol. The number of thioether (sulfide) groups is 1. The molecule has 0 saturated carbocycles. The van der Waals surface area contributed by atoms with Crippen molar-refractivity contribution in [3.05, 3.63) is 5.51 Å². The van der Waals surface area contributed by atoms with Gasteiger partial charge in [0, 0.05) is 5.75 Å². The molecule has 9 heteroatoms. The predicted molar refractivity (Wildman–Crippen MR) is 59.5 cm³/mol. The molecule has 0 spiro atoms. The van der Waals surface area contributed by atoms with Gasteiger partial charge in [0.2, 0.25) is 5.13 Å². The zero-order valence-electron chi connectivity index (χ0n) is 7.99. The van der Waals surface area contributed by atoms with Gasteiger partial charge in [-0.3, -0.25) is 5.32 Å². The van der Waals surface area contributed by atoms with Crippen LogP contribution in [0.1, 0.15) is 0 Å². The number of urea groups is 1. The van der Waals surface area contributed by atoms with Crippen molar-refractivity contribution in [1.82, 2.24) is 15.1 Å².